The zero-order valence-electron chi connectivity index (χ0n) is 25.9. The van der Waals surface area contributed by atoms with Gasteiger partial charge in [-0.1, -0.05) is 30.3 Å². The Bertz CT molecular complexity index is 1740. The van der Waals surface area contributed by atoms with E-state index in [1.807, 2.05) is 0 Å². The van der Waals surface area contributed by atoms with Crippen molar-refractivity contribution < 1.29 is 45.1 Å². The summed E-state index contributed by atoms with van der Waals surface area (Å²) in [6.07, 6.45) is -4.67. The van der Waals surface area contributed by atoms with Gasteiger partial charge in [-0.2, -0.15) is 17.5 Å². The van der Waals surface area contributed by atoms with Crippen molar-refractivity contribution in [2.24, 2.45) is 0 Å². The number of carboxylic acid groups (broad SMARTS) is 1. The number of rotatable bonds is 9. The molecule has 258 valence electrons. The number of nitrogens with one attached hydrogen (secondary N) is 2. The Hall–Kier alpha value is -4.08. The molecule has 5 atom stereocenters. The molecular formula is C33H35F5N4O5S. The summed E-state index contributed by atoms with van der Waals surface area (Å²) in [6.45, 7) is 0.684. The van der Waals surface area contributed by atoms with Gasteiger partial charge in [0.25, 0.3) is 0 Å². The van der Waals surface area contributed by atoms with Crippen LogP contribution in [0.5, 0.6) is 0 Å². The van der Waals surface area contributed by atoms with Crippen LogP contribution in [-0.2, 0) is 27.4 Å². The summed E-state index contributed by atoms with van der Waals surface area (Å²) >= 11 is 0. The first kappa shape index (κ1) is 35.2. The summed E-state index contributed by atoms with van der Waals surface area (Å²) < 4.78 is 96.7. The van der Waals surface area contributed by atoms with E-state index in [1.165, 1.54) is 34.6 Å². The number of hydrogen-bond acceptors (Lipinski definition) is 5. The standard InChI is InChI=1S/C33H35F5N4O5S/c1-41(32(44)45)30(29(21-9-13-23(34)14-10-21)20-7-11-22(12-8-20)33(36,37)38)31(43)40-28-6-2-5-27(35)26(28)16-15-25-18-39-24-4-3-17-48(46,47)42(25)19-24/h2,5-14,24-25,29-30,39H,3-4,15-19H2,1H3,(H,40,43)(H,44,45)/t24?,25?,29-,30+/m1/s1. The molecule has 3 N–H and O–H groups in total. The number of anilines is 1. The number of fused-ring (bicyclic) bond motifs is 2. The minimum atomic E-state index is -4.65. The highest BCUT2D eigenvalue weighted by Crippen LogP contribution is 2.36. The van der Waals surface area contributed by atoms with Gasteiger partial charge in [-0.15, -0.1) is 0 Å². The van der Waals surface area contributed by atoms with Crippen LogP contribution in [0.2, 0.25) is 0 Å². The van der Waals surface area contributed by atoms with Gasteiger partial charge in [-0.3, -0.25) is 9.69 Å². The van der Waals surface area contributed by atoms with Crippen LogP contribution in [0.15, 0.2) is 66.7 Å². The van der Waals surface area contributed by atoms with Crippen LogP contribution >= 0.6 is 0 Å². The number of carbonyl (C=O) groups excluding carboxylic acids is 1. The Morgan fingerprint density at radius 1 is 1.04 bits per heavy atom. The molecule has 2 heterocycles. The molecule has 2 fully saturated rings. The summed E-state index contributed by atoms with van der Waals surface area (Å²) in [5, 5.41) is 16.0. The normalized spacial score (nSPS) is 21.8. The third-order valence-corrected chi connectivity index (χ3v) is 11.0. The van der Waals surface area contributed by atoms with Crippen LogP contribution in [0.25, 0.3) is 0 Å². The number of alkyl halides is 3. The largest absolute Gasteiger partial charge is 0.465 e. The Morgan fingerprint density at radius 2 is 1.69 bits per heavy atom. The van der Waals surface area contributed by atoms with Crippen LogP contribution in [-0.4, -0.2) is 78.7 Å². The number of nitrogens with zero attached hydrogens (tertiary/aromatic N) is 2. The Balaban J connectivity index is 1.47. The van der Waals surface area contributed by atoms with Gasteiger partial charge in [0.05, 0.1) is 11.3 Å². The Labute approximate surface area is 274 Å². The molecule has 15 heteroatoms. The monoisotopic (exact) mass is 694 g/mol. The predicted molar refractivity (Wildman–Crippen MR) is 168 cm³/mol. The maximum Gasteiger partial charge on any atom is 0.416 e. The molecule has 0 aliphatic carbocycles. The van der Waals surface area contributed by atoms with E-state index in [9.17, 15) is 40.7 Å². The Morgan fingerprint density at radius 3 is 2.31 bits per heavy atom. The first-order valence-corrected chi connectivity index (χ1v) is 17.0. The lowest BCUT2D eigenvalue weighted by Gasteiger charge is -2.37. The third kappa shape index (κ3) is 7.79. The van der Waals surface area contributed by atoms with E-state index in [-0.39, 0.29) is 47.0 Å². The van der Waals surface area contributed by atoms with Crippen LogP contribution in [0, 0.1) is 11.6 Å². The van der Waals surface area contributed by atoms with Gasteiger partial charge in [-0.05, 0) is 73.2 Å². The van der Waals surface area contributed by atoms with E-state index >= 15 is 4.39 Å². The molecule has 0 spiro atoms. The van der Waals surface area contributed by atoms with E-state index in [4.69, 9.17) is 0 Å². The van der Waals surface area contributed by atoms with Crippen molar-refractivity contribution >= 4 is 27.7 Å². The number of carbonyl (C=O) groups is 2. The van der Waals surface area contributed by atoms with Crippen molar-refractivity contribution in [2.45, 2.75) is 55.9 Å². The summed E-state index contributed by atoms with van der Waals surface area (Å²) in [4.78, 5) is 27.1. The average molecular weight is 695 g/mol. The summed E-state index contributed by atoms with van der Waals surface area (Å²) in [5.74, 6) is -3.40. The number of sulfonamides is 1. The molecule has 3 unspecified atom stereocenters. The molecule has 2 amide bonds. The smallest absolute Gasteiger partial charge is 0.416 e. The molecular weight excluding hydrogens is 659 g/mol. The molecule has 0 aromatic heterocycles. The van der Waals surface area contributed by atoms with E-state index in [0.717, 1.165) is 49.9 Å². The molecule has 3 aromatic carbocycles. The van der Waals surface area contributed by atoms with Crippen molar-refractivity contribution in [3.05, 3.63) is 101 Å². The summed E-state index contributed by atoms with van der Waals surface area (Å²) in [5.41, 5.74) is -0.480. The highest BCUT2D eigenvalue weighted by molar-refractivity contribution is 7.89. The van der Waals surface area contributed by atoms with Gasteiger partial charge in [-0.25, -0.2) is 22.0 Å². The fourth-order valence-electron chi connectivity index (χ4n) is 6.47. The fraction of sp³-hybridized carbons (Fsp3) is 0.394. The van der Waals surface area contributed by atoms with E-state index in [2.05, 4.69) is 10.6 Å². The first-order valence-electron chi connectivity index (χ1n) is 15.3. The van der Waals surface area contributed by atoms with Crippen molar-refractivity contribution in [2.75, 3.05) is 31.2 Å². The zero-order valence-corrected chi connectivity index (χ0v) is 26.7. The van der Waals surface area contributed by atoms with E-state index in [0.29, 0.717) is 24.4 Å². The van der Waals surface area contributed by atoms with Gasteiger partial charge in [0.15, 0.2) is 0 Å². The minimum Gasteiger partial charge on any atom is -0.465 e. The summed E-state index contributed by atoms with van der Waals surface area (Å²) in [6, 6.07) is 10.6. The zero-order chi connectivity index (χ0) is 34.8. The number of likely N-dealkylation sites (N-methyl/N-ethyl adjacent to an activating group) is 1. The number of halogens is 5. The van der Waals surface area contributed by atoms with Gasteiger partial charge < -0.3 is 15.7 Å². The molecule has 2 aliphatic rings. The lowest BCUT2D eigenvalue weighted by Crippen LogP contribution is -2.57. The number of piperazine rings is 1. The third-order valence-electron chi connectivity index (χ3n) is 9.00. The van der Waals surface area contributed by atoms with Crippen LogP contribution < -0.4 is 10.6 Å². The lowest BCUT2D eigenvalue weighted by atomic mass is 9.83. The molecule has 5 rings (SSSR count). The molecule has 9 nitrogen and oxygen atoms in total. The minimum absolute atomic E-state index is 0.0226. The molecule has 3 aromatic rings. The Kier molecular flexibility index (Phi) is 10.4. The molecule has 2 saturated heterocycles. The second-order valence-electron chi connectivity index (χ2n) is 12.1. The molecule has 0 radical (unpaired) electrons. The van der Waals surface area contributed by atoms with E-state index in [1.54, 1.807) is 0 Å². The van der Waals surface area contributed by atoms with Gasteiger partial charge in [0.1, 0.15) is 17.7 Å². The van der Waals surface area contributed by atoms with Crippen LogP contribution in [0.3, 0.4) is 0 Å². The van der Waals surface area contributed by atoms with Gasteiger partial charge >= 0.3 is 12.3 Å². The van der Waals surface area contributed by atoms with Crippen molar-refractivity contribution in [1.82, 2.24) is 14.5 Å². The molecule has 2 aliphatic heterocycles. The second-order valence-corrected chi connectivity index (χ2v) is 14.1. The lowest BCUT2D eigenvalue weighted by molar-refractivity contribution is -0.137. The fourth-order valence-corrected chi connectivity index (χ4v) is 8.28. The molecule has 2 bridgehead atoms. The quantitative estimate of drug-likeness (QED) is 0.257. The average Bonchev–Trinajstić information content (AvgIpc) is 3.15. The topological polar surface area (TPSA) is 119 Å². The highest BCUT2D eigenvalue weighted by Gasteiger charge is 2.40. The van der Waals surface area contributed by atoms with Gasteiger partial charge in [0.2, 0.25) is 15.9 Å². The highest BCUT2D eigenvalue weighted by atomic mass is 32.2. The number of benzene rings is 3. The molecule has 0 saturated carbocycles. The number of hydrogen-bond donors (Lipinski definition) is 3. The second kappa shape index (κ2) is 14.2. The molecule has 48 heavy (non-hydrogen) atoms. The van der Waals surface area contributed by atoms with Crippen molar-refractivity contribution in [1.29, 1.82) is 0 Å². The maximum absolute atomic E-state index is 15.3. The van der Waals surface area contributed by atoms with E-state index < -0.39 is 63.4 Å². The van der Waals surface area contributed by atoms with Crippen LogP contribution in [0.1, 0.15) is 47.4 Å². The SMILES string of the molecule is CN(C(=O)O)[C@H](C(=O)Nc1cccc(F)c1CCC1CNC2CCCS(=O)(=O)N1C2)[C@@H](c1ccc(F)cc1)c1ccc(C(F)(F)F)cc1. The summed E-state index contributed by atoms with van der Waals surface area (Å²) in [7, 11) is -2.39. The van der Waals surface area contributed by atoms with Crippen molar-refractivity contribution in [3.63, 3.8) is 0 Å². The first-order chi connectivity index (χ1) is 22.7. The maximum atomic E-state index is 15.3. The number of amides is 2. The van der Waals surface area contributed by atoms with Crippen LogP contribution in [0.4, 0.5) is 32.4 Å². The van der Waals surface area contributed by atoms with Crippen molar-refractivity contribution in [3.8, 4) is 0 Å². The predicted octanol–water partition coefficient (Wildman–Crippen LogP) is 5.43. The van der Waals surface area contributed by atoms with Gasteiger partial charge in [0, 0.05) is 49.4 Å².